The smallest absolute Gasteiger partial charge is 0.241 e. The average molecular weight is 254 g/mol. The number of nitrogens with zero attached hydrogens (tertiary/aromatic N) is 3. The quantitative estimate of drug-likeness (QED) is 0.763. The zero-order valence-electron chi connectivity index (χ0n) is 10.8. The van der Waals surface area contributed by atoms with Crippen LogP contribution in [0.5, 0.6) is 11.6 Å². The van der Waals surface area contributed by atoms with Crippen LogP contribution in [0.1, 0.15) is 5.69 Å². The summed E-state index contributed by atoms with van der Waals surface area (Å²) in [5, 5.41) is 5.19. The molecule has 2 heterocycles. The summed E-state index contributed by atoms with van der Waals surface area (Å²) in [6, 6.07) is 9.60. The third kappa shape index (κ3) is 1.89. The van der Waals surface area contributed by atoms with Gasteiger partial charge in [-0.3, -0.25) is 4.98 Å². The minimum Gasteiger partial charge on any atom is -0.437 e. The van der Waals surface area contributed by atoms with E-state index >= 15 is 0 Å². The molecule has 0 saturated carbocycles. The van der Waals surface area contributed by atoms with Gasteiger partial charge in [0, 0.05) is 18.6 Å². The predicted molar refractivity (Wildman–Crippen MR) is 74.2 cm³/mol. The standard InChI is InChI=1S/C14H14N4O/c1-9-13(15)14(18(2)17-9)19-12-7-3-6-11-10(12)5-4-8-16-11/h3-8H,15H2,1-2H3. The Labute approximate surface area is 110 Å². The van der Waals surface area contributed by atoms with Crippen molar-refractivity contribution in [3.63, 3.8) is 0 Å². The van der Waals surface area contributed by atoms with Crippen LogP contribution in [0.25, 0.3) is 10.9 Å². The fraction of sp³-hybridized carbons (Fsp3) is 0.143. The molecule has 0 bridgehead atoms. The molecule has 96 valence electrons. The molecule has 0 saturated heterocycles. The third-order valence-electron chi connectivity index (χ3n) is 3.03. The summed E-state index contributed by atoms with van der Waals surface area (Å²) >= 11 is 0. The lowest BCUT2D eigenvalue weighted by molar-refractivity contribution is 0.437. The maximum absolute atomic E-state index is 5.97. The molecule has 0 aliphatic rings. The molecule has 5 nitrogen and oxygen atoms in total. The van der Waals surface area contributed by atoms with E-state index in [0.717, 1.165) is 22.3 Å². The molecular formula is C14H14N4O. The van der Waals surface area contributed by atoms with Gasteiger partial charge in [0.2, 0.25) is 5.88 Å². The molecular weight excluding hydrogens is 240 g/mol. The maximum Gasteiger partial charge on any atom is 0.241 e. The van der Waals surface area contributed by atoms with Gasteiger partial charge in [-0.05, 0) is 31.2 Å². The summed E-state index contributed by atoms with van der Waals surface area (Å²) in [6.07, 6.45) is 1.76. The van der Waals surface area contributed by atoms with Gasteiger partial charge in [0.15, 0.2) is 0 Å². The van der Waals surface area contributed by atoms with Gasteiger partial charge in [0.25, 0.3) is 0 Å². The van der Waals surface area contributed by atoms with E-state index in [1.54, 1.807) is 10.9 Å². The lowest BCUT2D eigenvalue weighted by atomic mass is 10.2. The van der Waals surface area contributed by atoms with Crippen molar-refractivity contribution in [2.75, 3.05) is 5.73 Å². The fourth-order valence-electron chi connectivity index (χ4n) is 2.04. The van der Waals surface area contributed by atoms with Gasteiger partial charge in [-0.1, -0.05) is 6.07 Å². The molecule has 2 N–H and O–H groups in total. The Morgan fingerprint density at radius 1 is 1.21 bits per heavy atom. The van der Waals surface area contributed by atoms with Crippen LogP contribution in [-0.4, -0.2) is 14.8 Å². The first-order valence-electron chi connectivity index (χ1n) is 5.97. The van der Waals surface area contributed by atoms with Crippen LogP contribution < -0.4 is 10.5 Å². The number of pyridine rings is 1. The summed E-state index contributed by atoms with van der Waals surface area (Å²) in [4.78, 5) is 4.30. The molecule has 0 fully saturated rings. The molecule has 5 heteroatoms. The summed E-state index contributed by atoms with van der Waals surface area (Å²) in [6.45, 7) is 1.85. The number of fused-ring (bicyclic) bond motifs is 1. The number of aryl methyl sites for hydroxylation is 2. The molecule has 0 atom stereocenters. The van der Waals surface area contributed by atoms with Crippen molar-refractivity contribution in [1.29, 1.82) is 0 Å². The van der Waals surface area contributed by atoms with Gasteiger partial charge in [-0.25, -0.2) is 4.68 Å². The Morgan fingerprint density at radius 3 is 2.79 bits per heavy atom. The third-order valence-corrected chi connectivity index (χ3v) is 3.03. The molecule has 0 aliphatic carbocycles. The molecule has 19 heavy (non-hydrogen) atoms. The second-order valence-corrected chi connectivity index (χ2v) is 4.36. The van der Waals surface area contributed by atoms with Crippen molar-refractivity contribution in [3.8, 4) is 11.6 Å². The van der Waals surface area contributed by atoms with E-state index in [1.807, 2.05) is 44.3 Å². The van der Waals surface area contributed by atoms with Crippen LogP contribution in [0.2, 0.25) is 0 Å². The number of nitrogen functional groups attached to an aromatic ring is 1. The van der Waals surface area contributed by atoms with Gasteiger partial charge in [-0.2, -0.15) is 5.10 Å². The largest absolute Gasteiger partial charge is 0.437 e. The van der Waals surface area contributed by atoms with E-state index in [0.29, 0.717) is 11.6 Å². The monoisotopic (exact) mass is 254 g/mol. The van der Waals surface area contributed by atoms with E-state index in [2.05, 4.69) is 10.1 Å². The molecule has 0 aliphatic heterocycles. The number of hydrogen-bond acceptors (Lipinski definition) is 4. The van der Waals surface area contributed by atoms with E-state index in [9.17, 15) is 0 Å². The van der Waals surface area contributed by atoms with Crippen molar-refractivity contribution in [1.82, 2.24) is 14.8 Å². The Hall–Kier alpha value is -2.56. The number of anilines is 1. The Balaban J connectivity index is 2.11. The normalized spacial score (nSPS) is 10.8. The molecule has 0 spiro atoms. The van der Waals surface area contributed by atoms with Crippen LogP contribution in [0.15, 0.2) is 36.5 Å². The molecule has 0 amide bonds. The Morgan fingerprint density at radius 2 is 2.05 bits per heavy atom. The number of benzene rings is 1. The van der Waals surface area contributed by atoms with Crippen molar-refractivity contribution >= 4 is 16.6 Å². The highest BCUT2D eigenvalue weighted by Gasteiger charge is 2.13. The first-order valence-corrected chi connectivity index (χ1v) is 5.97. The summed E-state index contributed by atoms with van der Waals surface area (Å²) in [7, 11) is 1.81. The van der Waals surface area contributed by atoms with E-state index in [-0.39, 0.29) is 0 Å². The second-order valence-electron chi connectivity index (χ2n) is 4.36. The Bertz CT molecular complexity index is 743. The van der Waals surface area contributed by atoms with Crippen molar-refractivity contribution in [2.45, 2.75) is 6.92 Å². The van der Waals surface area contributed by atoms with Gasteiger partial charge < -0.3 is 10.5 Å². The predicted octanol–water partition coefficient (Wildman–Crippen LogP) is 2.65. The van der Waals surface area contributed by atoms with Crippen molar-refractivity contribution < 1.29 is 4.74 Å². The first-order chi connectivity index (χ1) is 9.16. The zero-order valence-corrected chi connectivity index (χ0v) is 10.8. The maximum atomic E-state index is 5.97. The van der Waals surface area contributed by atoms with E-state index in [4.69, 9.17) is 10.5 Å². The second kappa shape index (κ2) is 4.28. The summed E-state index contributed by atoms with van der Waals surface area (Å²) in [5.41, 5.74) is 8.18. The lowest BCUT2D eigenvalue weighted by Gasteiger charge is -2.09. The summed E-state index contributed by atoms with van der Waals surface area (Å²) in [5.74, 6) is 1.27. The van der Waals surface area contributed by atoms with Crippen LogP contribution in [0.3, 0.4) is 0 Å². The SMILES string of the molecule is Cc1nn(C)c(Oc2cccc3ncccc23)c1N. The number of nitrogens with two attached hydrogens (primary N) is 1. The fourth-order valence-corrected chi connectivity index (χ4v) is 2.04. The van der Waals surface area contributed by atoms with E-state index < -0.39 is 0 Å². The molecule has 0 radical (unpaired) electrons. The van der Waals surface area contributed by atoms with Gasteiger partial charge in [-0.15, -0.1) is 0 Å². The molecule has 1 aromatic carbocycles. The van der Waals surface area contributed by atoms with Crippen molar-refractivity contribution in [2.24, 2.45) is 7.05 Å². The minimum absolute atomic E-state index is 0.550. The van der Waals surface area contributed by atoms with E-state index in [1.165, 1.54) is 0 Å². The summed E-state index contributed by atoms with van der Waals surface area (Å²) < 4.78 is 7.55. The topological polar surface area (TPSA) is 66.0 Å². The Kier molecular flexibility index (Phi) is 2.59. The minimum atomic E-state index is 0.550. The molecule has 2 aromatic heterocycles. The number of ether oxygens (including phenoxy) is 1. The highest BCUT2D eigenvalue weighted by molar-refractivity contribution is 5.85. The van der Waals surface area contributed by atoms with Crippen LogP contribution in [-0.2, 0) is 7.05 Å². The van der Waals surface area contributed by atoms with Crippen molar-refractivity contribution in [3.05, 3.63) is 42.2 Å². The first kappa shape index (κ1) is 11.5. The van der Waals surface area contributed by atoms with Gasteiger partial charge in [0.1, 0.15) is 11.4 Å². The highest BCUT2D eigenvalue weighted by Crippen LogP contribution is 2.32. The van der Waals surface area contributed by atoms with Crippen LogP contribution in [0, 0.1) is 6.92 Å². The molecule has 3 aromatic rings. The van der Waals surface area contributed by atoms with Crippen LogP contribution >= 0.6 is 0 Å². The number of aromatic nitrogens is 3. The average Bonchev–Trinajstić information content (AvgIpc) is 2.66. The lowest BCUT2D eigenvalue weighted by Crippen LogP contribution is -1.97. The zero-order chi connectivity index (χ0) is 13.4. The number of rotatable bonds is 2. The van der Waals surface area contributed by atoms with Gasteiger partial charge >= 0.3 is 0 Å². The molecule has 0 unspecified atom stereocenters. The highest BCUT2D eigenvalue weighted by atomic mass is 16.5. The van der Waals surface area contributed by atoms with Gasteiger partial charge in [0.05, 0.1) is 11.2 Å². The number of hydrogen-bond donors (Lipinski definition) is 1. The van der Waals surface area contributed by atoms with Crippen LogP contribution in [0.4, 0.5) is 5.69 Å². The molecule has 3 rings (SSSR count).